The quantitative estimate of drug-likeness (QED) is 0.410. The van der Waals surface area contributed by atoms with Gasteiger partial charge in [-0.25, -0.2) is 0 Å². The molecule has 0 aromatic heterocycles. The first-order valence-electron chi connectivity index (χ1n) is 6.95. The summed E-state index contributed by atoms with van der Waals surface area (Å²) in [6, 6.07) is 0. The summed E-state index contributed by atoms with van der Waals surface area (Å²) in [4.78, 5) is 44.3. The van der Waals surface area contributed by atoms with Crippen molar-refractivity contribution in [3.63, 3.8) is 0 Å². The molecular formula is C15H20O7. The van der Waals surface area contributed by atoms with Crippen molar-refractivity contribution in [3.8, 4) is 0 Å². The molecule has 7 nitrogen and oxygen atoms in total. The lowest BCUT2D eigenvalue weighted by Crippen LogP contribution is -2.32. The van der Waals surface area contributed by atoms with Gasteiger partial charge in [0.25, 0.3) is 0 Å². The van der Waals surface area contributed by atoms with Gasteiger partial charge < -0.3 is 19.0 Å². The fourth-order valence-electron chi connectivity index (χ4n) is 2.28. The highest BCUT2D eigenvalue weighted by molar-refractivity contribution is 5.68. The van der Waals surface area contributed by atoms with Crippen LogP contribution in [0.3, 0.4) is 0 Å². The van der Waals surface area contributed by atoms with E-state index in [4.69, 9.17) is 14.2 Å². The predicted molar refractivity (Wildman–Crippen MR) is 74.3 cm³/mol. The van der Waals surface area contributed by atoms with Crippen molar-refractivity contribution in [2.45, 2.75) is 27.2 Å². The highest BCUT2D eigenvalue weighted by Gasteiger charge is 2.34. The minimum atomic E-state index is -0.505. The highest BCUT2D eigenvalue weighted by Crippen LogP contribution is 2.33. The molecule has 0 aromatic rings. The minimum Gasteiger partial charge on any atom is -0.465 e. The Kier molecular flexibility index (Phi) is 6.75. The number of hydrogen-bond donors (Lipinski definition) is 0. The Labute approximate surface area is 128 Å². The first-order valence-corrected chi connectivity index (χ1v) is 6.95. The standard InChI is InChI=1S/C15H20O7/c1-9(17)20-7-13-5-15(22-11(3)19)14(4-12(13)6-16)8-21-10(2)18/h5-6,12-14H,4,7-8H2,1-3H3/t12-,13+,14+/m1/s1. The Morgan fingerprint density at radius 2 is 1.68 bits per heavy atom. The highest BCUT2D eigenvalue weighted by atomic mass is 16.6. The molecule has 122 valence electrons. The van der Waals surface area contributed by atoms with Gasteiger partial charge in [0.15, 0.2) is 0 Å². The van der Waals surface area contributed by atoms with Crippen LogP contribution in [0.4, 0.5) is 0 Å². The number of esters is 3. The van der Waals surface area contributed by atoms with E-state index in [2.05, 4.69) is 0 Å². The van der Waals surface area contributed by atoms with E-state index in [1.807, 2.05) is 0 Å². The van der Waals surface area contributed by atoms with E-state index in [1.54, 1.807) is 6.08 Å². The van der Waals surface area contributed by atoms with Crippen LogP contribution in [-0.4, -0.2) is 37.4 Å². The van der Waals surface area contributed by atoms with Crippen LogP contribution in [0.1, 0.15) is 27.2 Å². The summed E-state index contributed by atoms with van der Waals surface area (Å²) < 4.78 is 15.0. The second-order valence-corrected chi connectivity index (χ2v) is 5.16. The Balaban J connectivity index is 2.91. The first kappa shape index (κ1) is 17.9. The monoisotopic (exact) mass is 312 g/mol. The van der Waals surface area contributed by atoms with Crippen LogP contribution in [0.2, 0.25) is 0 Å². The summed E-state index contributed by atoms with van der Waals surface area (Å²) in [5, 5.41) is 0. The van der Waals surface area contributed by atoms with Crippen LogP contribution in [-0.2, 0) is 33.4 Å². The van der Waals surface area contributed by atoms with E-state index >= 15 is 0 Å². The van der Waals surface area contributed by atoms with Crippen molar-refractivity contribution in [2.24, 2.45) is 17.8 Å². The van der Waals surface area contributed by atoms with Crippen molar-refractivity contribution in [1.29, 1.82) is 0 Å². The zero-order chi connectivity index (χ0) is 16.7. The number of ether oxygens (including phenoxy) is 3. The van der Waals surface area contributed by atoms with Crippen LogP contribution < -0.4 is 0 Å². The molecule has 1 aliphatic carbocycles. The molecule has 0 radical (unpaired) electrons. The molecule has 7 heteroatoms. The van der Waals surface area contributed by atoms with Gasteiger partial charge in [-0.15, -0.1) is 0 Å². The van der Waals surface area contributed by atoms with Crippen molar-refractivity contribution in [3.05, 3.63) is 11.8 Å². The molecular weight excluding hydrogens is 292 g/mol. The van der Waals surface area contributed by atoms with E-state index in [-0.39, 0.29) is 25.0 Å². The molecule has 0 heterocycles. The number of rotatable bonds is 6. The summed E-state index contributed by atoms with van der Waals surface area (Å²) in [5.74, 6) is -2.22. The SMILES string of the molecule is CC(=O)OC[C@@H]1C[C@H](C=O)[C@H](COC(C)=O)C=C1OC(C)=O. The van der Waals surface area contributed by atoms with Gasteiger partial charge in [0, 0.05) is 32.6 Å². The average molecular weight is 312 g/mol. The van der Waals surface area contributed by atoms with Crippen LogP contribution in [0, 0.1) is 17.8 Å². The number of carbonyl (C=O) groups is 4. The van der Waals surface area contributed by atoms with Gasteiger partial charge in [-0.3, -0.25) is 14.4 Å². The molecule has 0 aromatic carbocycles. The molecule has 3 atom stereocenters. The average Bonchev–Trinajstić information content (AvgIpc) is 2.42. The molecule has 1 rings (SSSR count). The molecule has 1 aliphatic rings. The molecule has 0 fully saturated rings. The third-order valence-electron chi connectivity index (χ3n) is 3.29. The lowest BCUT2D eigenvalue weighted by molar-refractivity contribution is -0.146. The van der Waals surface area contributed by atoms with E-state index in [0.29, 0.717) is 12.2 Å². The zero-order valence-corrected chi connectivity index (χ0v) is 12.9. The van der Waals surface area contributed by atoms with Gasteiger partial charge in [-0.2, -0.15) is 0 Å². The molecule has 0 saturated carbocycles. The first-order chi connectivity index (χ1) is 10.3. The second-order valence-electron chi connectivity index (χ2n) is 5.16. The van der Waals surface area contributed by atoms with Crippen LogP contribution >= 0.6 is 0 Å². The van der Waals surface area contributed by atoms with Crippen molar-refractivity contribution < 1.29 is 33.4 Å². The number of hydrogen-bond acceptors (Lipinski definition) is 7. The van der Waals surface area contributed by atoms with E-state index in [9.17, 15) is 19.2 Å². The maximum atomic E-state index is 11.2. The van der Waals surface area contributed by atoms with Crippen LogP contribution in [0.25, 0.3) is 0 Å². The van der Waals surface area contributed by atoms with Crippen molar-refractivity contribution in [1.82, 2.24) is 0 Å². The van der Waals surface area contributed by atoms with Gasteiger partial charge >= 0.3 is 17.9 Å². The Morgan fingerprint density at radius 1 is 1.09 bits per heavy atom. The zero-order valence-electron chi connectivity index (χ0n) is 12.9. The molecule has 0 bridgehead atoms. The maximum Gasteiger partial charge on any atom is 0.307 e. The van der Waals surface area contributed by atoms with Gasteiger partial charge in [0.05, 0.1) is 12.5 Å². The molecule has 0 aliphatic heterocycles. The Morgan fingerprint density at radius 3 is 2.18 bits per heavy atom. The topological polar surface area (TPSA) is 96.0 Å². The minimum absolute atomic E-state index is 0.0269. The molecule has 0 spiro atoms. The summed E-state index contributed by atoms with van der Waals surface area (Å²) in [6.45, 7) is 3.87. The molecule has 22 heavy (non-hydrogen) atoms. The number of aldehydes is 1. The maximum absolute atomic E-state index is 11.2. The Bertz CT molecular complexity index is 480. The Hall–Kier alpha value is -2.18. The summed E-state index contributed by atoms with van der Waals surface area (Å²) >= 11 is 0. The smallest absolute Gasteiger partial charge is 0.307 e. The lowest BCUT2D eigenvalue weighted by atomic mass is 9.79. The molecule has 0 unspecified atom stereocenters. The van der Waals surface area contributed by atoms with Gasteiger partial charge in [-0.05, 0) is 12.5 Å². The predicted octanol–water partition coefficient (Wildman–Crippen LogP) is 1.01. The van der Waals surface area contributed by atoms with Crippen molar-refractivity contribution in [2.75, 3.05) is 13.2 Å². The summed E-state index contributed by atoms with van der Waals surface area (Å²) in [5.41, 5.74) is 0. The largest absolute Gasteiger partial charge is 0.465 e. The number of carbonyl (C=O) groups excluding carboxylic acids is 4. The summed E-state index contributed by atoms with van der Waals surface area (Å²) in [7, 11) is 0. The van der Waals surface area contributed by atoms with Crippen molar-refractivity contribution >= 4 is 24.2 Å². The summed E-state index contributed by atoms with van der Waals surface area (Å²) in [6.07, 6.45) is 2.72. The van der Waals surface area contributed by atoms with Gasteiger partial charge in [0.1, 0.15) is 18.7 Å². The van der Waals surface area contributed by atoms with Gasteiger partial charge in [-0.1, -0.05) is 0 Å². The fourth-order valence-corrected chi connectivity index (χ4v) is 2.28. The fraction of sp³-hybridized carbons (Fsp3) is 0.600. The second kappa shape index (κ2) is 8.31. The molecule has 0 amide bonds. The third-order valence-corrected chi connectivity index (χ3v) is 3.29. The lowest BCUT2D eigenvalue weighted by Gasteiger charge is -2.31. The van der Waals surface area contributed by atoms with Gasteiger partial charge in [0.2, 0.25) is 0 Å². The normalized spacial score (nSPS) is 24.0. The van der Waals surface area contributed by atoms with Crippen LogP contribution in [0.5, 0.6) is 0 Å². The van der Waals surface area contributed by atoms with Crippen LogP contribution in [0.15, 0.2) is 11.8 Å². The third kappa shape index (κ3) is 5.67. The van der Waals surface area contributed by atoms with E-state index < -0.39 is 23.8 Å². The molecule has 0 N–H and O–H groups in total. The van der Waals surface area contributed by atoms with E-state index in [0.717, 1.165) is 6.29 Å². The molecule has 0 saturated heterocycles. The van der Waals surface area contributed by atoms with E-state index in [1.165, 1.54) is 20.8 Å².